The number of fused-ring (bicyclic) bond motifs is 10. The Kier molecular flexibility index (Phi) is 36.8. The molecule has 5 aliphatic heterocycles. The minimum absolute atomic E-state index is 0.0671. The average Bonchev–Trinajstić information content (AvgIpc) is 1.63. The molecule has 6 N–H and O–H groups in total. The molecule has 29 heteroatoms. The van der Waals surface area contributed by atoms with E-state index in [1.165, 1.54) is 117 Å². The zero-order valence-electron chi connectivity index (χ0n) is 80.7. The van der Waals surface area contributed by atoms with Crippen LogP contribution in [0.2, 0.25) is 0 Å². The number of hydrogen-bond acceptors (Lipinski definition) is 28. The second-order valence-corrected chi connectivity index (χ2v) is 48.1. The molecule has 0 fully saturated rings. The standard InChI is InChI=1S/C24H32N4OS2.C22H26N2O2S2.C22H26N2OS2.C20H23N3OS2.C20H22N2OS2/c1-5-16(4)25-12-10-21(29)27-24-22(23-26-18-8-6-7-9-19(18)30-23)17-11-13-28(15(2)3)14-20(17)31-24;1-26-12-6-2-3-7-15(25)13-19-21(16-10-11-23-14-20(16)27-19)22-24-17-8-4-5-9-18(17)28-22;1-14(2)6-5-7-15(25)12-19-21(16-10-11-23-13-20(16)26-19)22-24-17-8-3-4-9-18(17)27-22;1-23(2)10-8-13(24)11-17-19(14-7-9-21-12-18(14)25-17)20-22-15-5-3-4-6-16(15)26-20;1-2-3-6-13(23)11-17-19(14-9-10-21-12-18(14)24-17)20-22-15-7-4-5-8-16(15)25-20/h6-9,15-16,25H,5,10-14H2,1-4H3,(H,27,29);4-5,8-9,23H,2-3,6-7,10-14H2,1H3;3-4,8-9,14,23H,5-7,10-13H2,1-2H3;3-6,21H,7-12H2,1-2H3;4-5,7-8,21H,2-3,6,9-12H2,1H3/t16-;;;;/m1..../s1. The second kappa shape index (κ2) is 49.5. The number of methoxy groups -OCH3 is 1. The van der Waals surface area contributed by atoms with Gasteiger partial charge in [-0.25, -0.2) is 24.9 Å². The molecule has 19 nitrogen and oxygen atoms in total. The number of nitrogens with one attached hydrogen (secondary N) is 6. The number of carbonyl (C=O) groups excluding carboxylic acids is 5. The second-order valence-electron chi connectivity index (χ2n) is 37.0. The van der Waals surface area contributed by atoms with Gasteiger partial charge in [0.25, 0.3) is 0 Å². The largest absolute Gasteiger partial charge is 0.385 e. The van der Waals surface area contributed by atoms with Crippen LogP contribution < -0.4 is 31.9 Å². The topological polar surface area (TPSA) is 238 Å². The van der Waals surface area contributed by atoms with Crippen LogP contribution in [0.25, 0.3) is 104 Å². The number of benzene rings is 5. The van der Waals surface area contributed by atoms with Crippen LogP contribution in [-0.4, -0.2) is 149 Å². The van der Waals surface area contributed by atoms with E-state index in [4.69, 9.17) is 29.7 Å². The van der Waals surface area contributed by atoms with Gasteiger partial charge in [0.1, 0.15) is 53.2 Å². The summed E-state index contributed by atoms with van der Waals surface area (Å²) in [5.41, 5.74) is 18.4. The number of nitrogens with zero attached hydrogens (tertiary/aromatic N) is 7. The van der Waals surface area contributed by atoms with Gasteiger partial charge in [0, 0.05) is 208 Å². The van der Waals surface area contributed by atoms with E-state index < -0.39 is 0 Å². The zero-order chi connectivity index (χ0) is 95.4. The summed E-state index contributed by atoms with van der Waals surface area (Å²) in [4.78, 5) is 104. The number of para-hydroxylation sites is 5. The molecule has 0 saturated carbocycles. The third kappa shape index (κ3) is 26.2. The van der Waals surface area contributed by atoms with Crippen LogP contribution in [0.3, 0.4) is 0 Å². The van der Waals surface area contributed by atoms with Gasteiger partial charge in [-0.05, 0) is 220 Å². The Morgan fingerprint density at radius 2 is 0.774 bits per heavy atom. The molecule has 0 unspecified atom stereocenters. The molecule has 0 saturated heterocycles. The van der Waals surface area contributed by atoms with Gasteiger partial charge >= 0.3 is 0 Å². The number of carbonyl (C=O) groups is 5. The lowest BCUT2D eigenvalue weighted by Crippen LogP contribution is -2.35. The van der Waals surface area contributed by atoms with Gasteiger partial charge in [-0.3, -0.25) is 28.9 Å². The van der Waals surface area contributed by atoms with E-state index in [2.05, 4.69) is 181 Å². The summed E-state index contributed by atoms with van der Waals surface area (Å²) in [5.74, 6) is 2.10. The predicted molar refractivity (Wildman–Crippen MR) is 583 cm³/mol. The van der Waals surface area contributed by atoms with Gasteiger partial charge in [-0.2, -0.15) is 0 Å². The van der Waals surface area contributed by atoms with Crippen molar-refractivity contribution in [2.24, 2.45) is 5.92 Å². The van der Waals surface area contributed by atoms with Crippen LogP contribution in [0.1, 0.15) is 204 Å². The first-order valence-electron chi connectivity index (χ1n) is 49.0. The van der Waals surface area contributed by atoms with Gasteiger partial charge < -0.3 is 41.5 Å². The number of Topliss-reactive ketones (excluding diaryl/α,β-unsaturated/α-hetero) is 4. The van der Waals surface area contributed by atoms with E-state index in [1.54, 1.807) is 97.8 Å². The van der Waals surface area contributed by atoms with Crippen molar-refractivity contribution in [3.63, 3.8) is 0 Å². The number of ether oxygens (including phenoxy) is 1. The first-order valence-corrected chi connectivity index (χ1v) is 57.2. The van der Waals surface area contributed by atoms with Crippen LogP contribution in [0.5, 0.6) is 0 Å². The molecule has 0 aliphatic carbocycles. The summed E-state index contributed by atoms with van der Waals surface area (Å²) in [5, 5.41) is 26.8. The average molecular weight is 2030 g/mol. The predicted octanol–water partition coefficient (Wildman–Crippen LogP) is 24.8. The van der Waals surface area contributed by atoms with Gasteiger partial charge in [-0.1, -0.05) is 108 Å². The number of anilines is 1. The minimum Gasteiger partial charge on any atom is -0.385 e. The maximum absolute atomic E-state index is 12.8. The molecule has 0 radical (unpaired) electrons. The monoisotopic (exact) mass is 2020 g/mol. The highest BCUT2D eigenvalue weighted by molar-refractivity contribution is 7.24. The maximum atomic E-state index is 12.8. The van der Waals surface area contributed by atoms with E-state index in [1.807, 2.05) is 67.1 Å². The number of aromatic nitrogens is 5. The number of rotatable bonds is 36. The van der Waals surface area contributed by atoms with Crippen molar-refractivity contribution >= 4 is 198 Å². The number of hydrogen-bond donors (Lipinski definition) is 6. The highest BCUT2D eigenvalue weighted by Gasteiger charge is 2.33. The Labute approximate surface area is 846 Å². The molecule has 15 heterocycles. The van der Waals surface area contributed by atoms with E-state index >= 15 is 0 Å². The van der Waals surface area contributed by atoms with Crippen molar-refractivity contribution in [2.75, 3.05) is 78.9 Å². The SMILES string of the molecule is CC(C)CCCC(=O)Cc1sc2c(c1-c1nc3ccccc3s1)CCNC2.CCCCC(=O)Cc1sc2c(c1-c1nc3ccccc3s1)CCNC2.CC[C@@H](C)NCCC(=O)Nc1sc2c(c1-c1nc3ccccc3s1)CCN(C(C)C)C2.CN(C)CCC(=O)Cc1sc2c(c1-c1nc3ccccc3s1)CCNC2.COCCCCCC(=O)Cc1sc2c(c1-c1nc3ccccc3s1)CCNC2. The summed E-state index contributed by atoms with van der Waals surface area (Å²) in [6, 6.07) is 42.4. The van der Waals surface area contributed by atoms with Crippen LogP contribution in [0.15, 0.2) is 121 Å². The van der Waals surface area contributed by atoms with Crippen molar-refractivity contribution in [1.29, 1.82) is 0 Å². The molecule has 15 aromatic rings. The lowest BCUT2D eigenvalue weighted by molar-refractivity contribution is -0.119. The molecule has 5 aromatic carbocycles. The highest BCUT2D eigenvalue weighted by atomic mass is 32.1. The molecular formula is C108H129N13O6S10. The number of thiophene rings is 5. The van der Waals surface area contributed by atoms with Crippen molar-refractivity contribution in [1.82, 2.24) is 61.3 Å². The summed E-state index contributed by atoms with van der Waals surface area (Å²) in [6.45, 7) is 27.3. The lowest BCUT2D eigenvalue weighted by Gasteiger charge is -2.30. The molecule has 0 bridgehead atoms. The van der Waals surface area contributed by atoms with E-state index in [0.717, 1.165) is 225 Å². The normalized spacial score (nSPS) is 14.3. The third-order valence-corrected chi connectivity index (χ3v) is 37.0. The molecular weight excluding hydrogens is 1900 g/mol. The number of amides is 1. The first kappa shape index (κ1) is 102. The number of ketones is 4. The van der Waals surface area contributed by atoms with Gasteiger partial charge in [-0.15, -0.1) is 113 Å². The highest BCUT2D eigenvalue weighted by Crippen LogP contribution is 2.50. The van der Waals surface area contributed by atoms with E-state index in [0.29, 0.717) is 105 Å². The van der Waals surface area contributed by atoms with E-state index in [9.17, 15) is 24.0 Å². The fraction of sp³-hybridized carbons (Fsp3) is 0.444. The van der Waals surface area contributed by atoms with Crippen LogP contribution in [0.4, 0.5) is 5.00 Å². The molecule has 1 amide bonds. The minimum atomic E-state index is 0.0671. The number of unbranched alkanes of at least 4 members (excludes halogenated alkanes) is 3. The number of thiazole rings is 5. The van der Waals surface area contributed by atoms with Gasteiger partial charge in [0.05, 0.1) is 51.1 Å². The molecule has 5 aliphatic rings. The first-order chi connectivity index (χ1) is 66.7. The summed E-state index contributed by atoms with van der Waals surface area (Å²) in [6.07, 6.45) is 18.7. The third-order valence-electron chi connectivity index (χ3n) is 25.7. The fourth-order valence-electron chi connectivity index (χ4n) is 18.1. The molecule has 10 aromatic heterocycles. The molecule has 1 atom stereocenters. The summed E-state index contributed by atoms with van der Waals surface area (Å²) >= 11 is 17.7. The Bertz CT molecular complexity index is 6480. The Balaban J connectivity index is 0.000000124. The Morgan fingerprint density at radius 3 is 1.12 bits per heavy atom. The Morgan fingerprint density at radius 1 is 0.416 bits per heavy atom. The van der Waals surface area contributed by atoms with Gasteiger partial charge in [0.2, 0.25) is 5.91 Å². The van der Waals surface area contributed by atoms with Crippen molar-refractivity contribution in [3.8, 4) is 52.9 Å². The molecule has 137 heavy (non-hydrogen) atoms. The van der Waals surface area contributed by atoms with Crippen molar-refractivity contribution in [3.05, 3.63) is 193 Å². The van der Waals surface area contributed by atoms with Crippen molar-refractivity contribution < 1.29 is 28.7 Å². The molecule has 0 spiro atoms. The summed E-state index contributed by atoms with van der Waals surface area (Å²) < 4.78 is 11.1. The van der Waals surface area contributed by atoms with Crippen LogP contribution >= 0.6 is 113 Å². The summed E-state index contributed by atoms with van der Waals surface area (Å²) in [7, 11) is 5.74. The van der Waals surface area contributed by atoms with Crippen molar-refractivity contribution in [2.45, 2.75) is 235 Å². The Hall–Kier alpha value is -8.12. The van der Waals surface area contributed by atoms with Crippen LogP contribution in [0, 0.1) is 5.92 Å². The van der Waals surface area contributed by atoms with E-state index in [-0.39, 0.29) is 5.91 Å². The zero-order valence-corrected chi connectivity index (χ0v) is 88.9. The molecule has 722 valence electrons. The smallest absolute Gasteiger partial charge is 0.226 e. The van der Waals surface area contributed by atoms with Gasteiger partial charge in [0.15, 0.2) is 0 Å². The quantitative estimate of drug-likeness (QED) is 0.0200. The van der Waals surface area contributed by atoms with Crippen LogP contribution in [-0.2, 0) is 119 Å². The maximum Gasteiger partial charge on any atom is 0.226 e. The fourth-order valence-corrected chi connectivity index (χ4v) is 30.5. The lowest BCUT2D eigenvalue weighted by atomic mass is 9.99. The molecule has 20 rings (SSSR count).